The first-order chi connectivity index (χ1) is 4.97. The van der Waals surface area contributed by atoms with Crippen LogP contribution in [0.1, 0.15) is 19.8 Å². The third-order valence-corrected chi connectivity index (χ3v) is 3.93. The standard InChI is InChI=1S/C8H12O2S/c1-3-8(2)4-6-11(9,10)7-5-8/h1H,4-7H2,2H3. The van der Waals surface area contributed by atoms with Gasteiger partial charge in [-0.15, -0.1) is 12.3 Å². The Labute approximate surface area is 67.9 Å². The van der Waals surface area contributed by atoms with Gasteiger partial charge in [0.2, 0.25) is 0 Å². The van der Waals surface area contributed by atoms with Crippen LogP contribution in [0.4, 0.5) is 0 Å². The van der Waals surface area contributed by atoms with Gasteiger partial charge in [0.1, 0.15) is 9.84 Å². The van der Waals surface area contributed by atoms with Crippen molar-refractivity contribution in [2.24, 2.45) is 5.41 Å². The summed E-state index contributed by atoms with van der Waals surface area (Å²) in [5.74, 6) is 3.17. The number of hydrogen-bond acceptors (Lipinski definition) is 2. The molecule has 1 saturated heterocycles. The van der Waals surface area contributed by atoms with Crippen molar-refractivity contribution in [3.05, 3.63) is 0 Å². The lowest BCUT2D eigenvalue weighted by atomic mass is 9.85. The third-order valence-electron chi connectivity index (χ3n) is 2.28. The van der Waals surface area contributed by atoms with Crippen LogP contribution in [0.15, 0.2) is 0 Å². The molecule has 0 N–H and O–H groups in total. The average molecular weight is 172 g/mol. The highest BCUT2D eigenvalue weighted by atomic mass is 32.2. The molecule has 0 radical (unpaired) electrons. The Morgan fingerprint density at radius 1 is 1.36 bits per heavy atom. The Morgan fingerprint density at radius 2 is 1.82 bits per heavy atom. The van der Waals surface area contributed by atoms with E-state index < -0.39 is 9.84 Å². The summed E-state index contributed by atoms with van der Waals surface area (Å²) in [5.41, 5.74) is -0.175. The van der Waals surface area contributed by atoms with E-state index in [4.69, 9.17) is 6.42 Å². The van der Waals surface area contributed by atoms with Crippen molar-refractivity contribution in [3.8, 4) is 12.3 Å². The highest BCUT2D eigenvalue weighted by Crippen LogP contribution is 2.30. The molecule has 1 aliphatic rings. The Hall–Kier alpha value is -0.490. The molecule has 1 rings (SSSR count). The predicted octanol–water partition coefficient (Wildman–Crippen LogP) is 0.835. The highest BCUT2D eigenvalue weighted by molar-refractivity contribution is 7.91. The van der Waals surface area contributed by atoms with Crippen molar-refractivity contribution in [2.45, 2.75) is 19.8 Å². The minimum Gasteiger partial charge on any atom is -0.229 e. The zero-order valence-electron chi connectivity index (χ0n) is 6.63. The van der Waals surface area contributed by atoms with Crippen LogP contribution in [0.3, 0.4) is 0 Å². The summed E-state index contributed by atoms with van der Waals surface area (Å²) < 4.78 is 22.0. The SMILES string of the molecule is C#CC1(C)CCS(=O)(=O)CC1. The normalized spacial score (nSPS) is 27.3. The molecule has 1 aliphatic heterocycles. The summed E-state index contributed by atoms with van der Waals surface area (Å²) in [6.45, 7) is 1.95. The van der Waals surface area contributed by atoms with Crippen LogP contribution in [0.25, 0.3) is 0 Å². The first-order valence-corrected chi connectivity index (χ1v) is 5.48. The lowest BCUT2D eigenvalue weighted by molar-refractivity contribution is 0.398. The van der Waals surface area contributed by atoms with Crippen LogP contribution in [0.5, 0.6) is 0 Å². The van der Waals surface area contributed by atoms with Crippen LogP contribution in [0, 0.1) is 17.8 Å². The molecule has 0 atom stereocenters. The Morgan fingerprint density at radius 3 is 2.18 bits per heavy atom. The number of terminal acetylenes is 1. The van der Waals surface area contributed by atoms with E-state index in [9.17, 15) is 8.42 Å². The smallest absolute Gasteiger partial charge is 0.150 e. The van der Waals surface area contributed by atoms with Gasteiger partial charge in [-0.2, -0.15) is 0 Å². The van der Waals surface area contributed by atoms with E-state index in [2.05, 4.69) is 5.92 Å². The molecule has 62 valence electrons. The molecule has 0 aromatic rings. The maximum atomic E-state index is 11.0. The maximum Gasteiger partial charge on any atom is 0.150 e. The Bertz CT molecular complexity index is 268. The molecule has 2 nitrogen and oxygen atoms in total. The van der Waals surface area contributed by atoms with Gasteiger partial charge in [0, 0.05) is 5.41 Å². The molecule has 0 aromatic heterocycles. The minimum atomic E-state index is -2.76. The molecule has 0 saturated carbocycles. The van der Waals surface area contributed by atoms with Gasteiger partial charge in [-0.1, -0.05) is 0 Å². The van der Waals surface area contributed by atoms with Crippen LogP contribution >= 0.6 is 0 Å². The van der Waals surface area contributed by atoms with Crippen molar-refractivity contribution in [1.82, 2.24) is 0 Å². The lowest BCUT2D eigenvalue weighted by Crippen LogP contribution is -2.29. The molecule has 0 aliphatic carbocycles. The number of sulfone groups is 1. The fraction of sp³-hybridized carbons (Fsp3) is 0.750. The molecule has 0 amide bonds. The van der Waals surface area contributed by atoms with Gasteiger partial charge >= 0.3 is 0 Å². The van der Waals surface area contributed by atoms with Gasteiger partial charge in [0.05, 0.1) is 11.5 Å². The van der Waals surface area contributed by atoms with E-state index in [1.165, 1.54) is 0 Å². The fourth-order valence-electron chi connectivity index (χ4n) is 1.13. The van der Waals surface area contributed by atoms with Crippen LogP contribution in [0.2, 0.25) is 0 Å². The van der Waals surface area contributed by atoms with Crippen LogP contribution < -0.4 is 0 Å². The van der Waals surface area contributed by atoms with Gasteiger partial charge in [-0.3, -0.25) is 0 Å². The molecule has 0 aromatic carbocycles. The summed E-state index contributed by atoms with van der Waals surface area (Å²) in [5, 5.41) is 0. The van der Waals surface area contributed by atoms with E-state index in [1.807, 2.05) is 6.92 Å². The molecule has 11 heavy (non-hydrogen) atoms. The van der Waals surface area contributed by atoms with Crippen molar-refractivity contribution in [1.29, 1.82) is 0 Å². The van der Waals surface area contributed by atoms with E-state index >= 15 is 0 Å². The van der Waals surface area contributed by atoms with E-state index in [1.54, 1.807) is 0 Å². The topological polar surface area (TPSA) is 34.1 Å². The molecular formula is C8H12O2S. The van der Waals surface area contributed by atoms with E-state index in [0.717, 1.165) is 0 Å². The van der Waals surface area contributed by atoms with Gasteiger partial charge in [0.15, 0.2) is 0 Å². The molecule has 0 spiro atoms. The first-order valence-electron chi connectivity index (χ1n) is 3.66. The summed E-state index contributed by atoms with van der Waals surface area (Å²) in [4.78, 5) is 0. The van der Waals surface area contributed by atoms with Crippen molar-refractivity contribution < 1.29 is 8.42 Å². The second kappa shape index (κ2) is 2.53. The van der Waals surface area contributed by atoms with Crippen molar-refractivity contribution >= 4 is 9.84 Å². The second-order valence-corrected chi connectivity index (χ2v) is 5.66. The van der Waals surface area contributed by atoms with Crippen LogP contribution in [-0.4, -0.2) is 19.9 Å². The fourth-order valence-corrected chi connectivity index (χ4v) is 2.86. The zero-order chi connectivity index (χ0) is 8.54. The maximum absolute atomic E-state index is 11.0. The van der Waals surface area contributed by atoms with E-state index in [0.29, 0.717) is 12.8 Å². The number of rotatable bonds is 0. The molecule has 0 bridgehead atoms. The zero-order valence-corrected chi connectivity index (χ0v) is 7.45. The largest absolute Gasteiger partial charge is 0.229 e. The van der Waals surface area contributed by atoms with Gasteiger partial charge in [-0.05, 0) is 19.8 Å². The predicted molar refractivity (Wildman–Crippen MR) is 44.8 cm³/mol. The number of hydrogen-bond donors (Lipinski definition) is 0. The molecule has 1 heterocycles. The highest BCUT2D eigenvalue weighted by Gasteiger charge is 2.31. The third kappa shape index (κ3) is 1.97. The summed E-state index contributed by atoms with van der Waals surface area (Å²) in [7, 11) is -2.76. The van der Waals surface area contributed by atoms with Crippen molar-refractivity contribution in [3.63, 3.8) is 0 Å². The molecule has 1 fully saturated rings. The minimum absolute atomic E-state index is 0.175. The molecule has 3 heteroatoms. The van der Waals surface area contributed by atoms with Gasteiger partial charge < -0.3 is 0 Å². The molecular weight excluding hydrogens is 160 g/mol. The summed E-state index contributed by atoms with van der Waals surface area (Å²) in [6.07, 6.45) is 6.52. The lowest BCUT2D eigenvalue weighted by Gasteiger charge is -2.27. The first kappa shape index (κ1) is 8.61. The summed E-state index contributed by atoms with van der Waals surface area (Å²) in [6, 6.07) is 0. The van der Waals surface area contributed by atoms with Crippen LogP contribution in [-0.2, 0) is 9.84 Å². The summed E-state index contributed by atoms with van der Waals surface area (Å²) >= 11 is 0. The second-order valence-electron chi connectivity index (χ2n) is 3.36. The quantitative estimate of drug-likeness (QED) is 0.507. The Balaban J connectivity index is 2.71. The molecule has 0 unspecified atom stereocenters. The monoisotopic (exact) mass is 172 g/mol. The van der Waals surface area contributed by atoms with Gasteiger partial charge in [-0.25, -0.2) is 8.42 Å². The average Bonchev–Trinajstić information content (AvgIpc) is 1.97. The van der Waals surface area contributed by atoms with Gasteiger partial charge in [0.25, 0.3) is 0 Å². The Kier molecular flexibility index (Phi) is 1.98. The van der Waals surface area contributed by atoms with Crippen molar-refractivity contribution in [2.75, 3.05) is 11.5 Å². The van der Waals surface area contributed by atoms with E-state index in [-0.39, 0.29) is 16.9 Å².